The number of hydrogen-bond donors (Lipinski definition) is 2. The molecule has 4 nitrogen and oxygen atoms in total. The molecule has 0 bridgehead atoms. The SMILES string of the molecule is CCNC(=NCc1cccc(F)c1)NCCCN(C)CC(F)(F)F.I. The Hall–Kier alpha value is -1.10. The van der Waals surface area contributed by atoms with Crippen LogP contribution in [0.15, 0.2) is 29.3 Å². The Bertz CT molecular complexity index is 523. The summed E-state index contributed by atoms with van der Waals surface area (Å²) < 4.78 is 49.8. The van der Waals surface area contributed by atoms with Crippen molar-refractivity contribution >= 4 is 29.9 Å². The summed E-state index contributed by atoms with van der Waals surface area (Å²) in [5, 5.41) is 6.11. The molecule has 0 aliphatic rings. The zero-order chi connectivity index (χ0) is 18.0. The van der Waals surface area contributed by atoms with E-state index in [1.165, 1.54) is 24.1 Å². The number of alkyl halides is 3. The van der Waals surface area contributed by atoms with E-state index in [4.69, 9.17) is 0 Å². The second-order valence-electron chi connectivity index (χ2n) is 5.46. The number of nitrogens with zero attached hydrogens (tertiary/aromatic N) is 2. The summed E-state index contributed by atoms with van der Waals surface area (Å²) in [4.78, 5) is 5.57. The van der Waals surface area contributed by atoms with Gasteiger partial charge in [-0.15, -0.1) is 24.0 Å². The van der Waals surface area contributed by atoms with E-state index in [0.29, 0.717) is 38.6 Å². The molecule has 0 saturated heterocycles. The lowest BCUT2D eigenvalue weighted by Gasteiger charge is -2.18. The van der Waals surface area contributed by atoms with Gasteiger partial charge in [0.05, 0.1) is 13.1 Å². The van der Waals surface area contributed by atoms with Crippen LogP contribution in [0.4, 0.5) is 17.6 Å². The Balaban J connectivity index is 0.00000576. The monoisotopic (exact) mass is 476 g/mol. The highest BCUT2D eigenvalue weighted by Gasteiger charge is 2.28. The van der Waals surface area contributed by atoms with E-state index in [2.05, 4.69) is 15.6 Å². The highest BCUT2D eigenvalue weighted by atomic mass is 127. The smallest absolute Gasteiger partial charge is 0.357 e. The number of halogens is 5. The number of benzene rings is 1. The van der Waals surface area contributed by atoms with E-state index in [-0.39, 0.29) is 29.8 Å². The average molecular weight is 476 g/mol. The Morgan fingerprint density at radius 2 is 1.96 bits per heavy atom. The van der Waals surface area contributed by atoms with Gasteiger partial charge in [-0.1, -0.05) is 12.1 Å². The first-order valence-corrected chi connectivity index (χ1v) is 7.82. The first-order valence-electron chi connectivity index (χ1n) is 7.82. The molecular formula is C16H25F4IN4. The van der Waals surface area contributed by atoms with Crippen molar-refractivity contribution in [1.29, 1.82) is 0 Å². The van der Waals surface area contributed by atoms with Crippen molar-refractivity contribution in [2.45, 2.75) is 26.1 Å². The lowest BCUT2D eigenvalue weighted by atomic mass is 10.2. The number of aliphatic imine (C=N–C) groups is 1. The summed E-state index contributed by atoms with van der Waals surface area (Å²) in [7, 11) is 1.44. The third kappa shape index (κ3) is 12.0. The van der Waals surface area contributed by atoms with Crippen LogP contribution < -0.4 is 10.6 Å². The Labute approximate surface area is 163 Å². The van der Waals surface area contributed by atoms with Crippen LogP contribution in [0.25, 0.3) is 0 Å². The summed E-state index contributed by atoms with van der Waals surface area (Å²) in [5.41, 5.74) is 0.747. The van der Waals surface area contributed by atoms with E-state index >= 15 is 0 Å². The van der Waals surface area contributed by atoms with Crippen LogP contribution in [0.5, 0.6) is 0 Å². The van der Waals surface area contributed by atoms with Crippen molar-refractivity contribution in [3.63, 3.8) is 0 Å². The molecule has 0 aromatic heterocycles. The van der Waals surface area contributed by atoms with Gasteiger partial charge in [-0.2, -0.15) is 13.2 Å². The molecule has 0 aliphatic carbocycles. The third-order valence-electron chi connectivity index (χ3n) is 3.11. The van der Waals surface area contributed by atoms with Crippen molar-refractivity contribution in [2.24, 2.45) is 4.99 Å². The molecule has 0 fully saturated rings. The minimum Gasteiger partial charge on any atom is -0.357 e. The van der Waals surface area contributed by atoms with Crippen molar-refractivity contribution in [3.05, 3.63) is 35.6 Å². The van der Waals surface area contributed by atoms with Gasteiger partial charge in [0.15, 0.2) is 5.96 Å². The van der Waals surface area contributed by atoms with Gasteiger partial charge < -0.3 is 10.6 Å². The molecule has 1 aromatic rings. The number of hydrogen-bond acceptors (Lipinski definition) is 2. The topological polar surface area (TPSA) is 39.7 Å². The highest BCUT2D eigenvalue weighted by molar-refractivity contribution is 14.0. The minimum absolute atomic E-state index is 0. The minimum atomic E-state index is -4.18. The summed E-state index contributed by atoms with van der Waals surface area (Å²) in [6, 6.07) is 6.19. The molecule has 0 aliphatic heterocycles. The molecular weight excluding hydrogens is 451 g/mol. The van der Waals surface area contributed by atoms with Crippen LogP contribution in [0, 0.1) is 5.82 Å². The maximum absolute atomic E-state index is 13.1. The molecule has 0 spiro atoms. The number of guanidine groups is 1. The Kier molecular flexibility index (Phi) is 11.7. The second-order valence-corrected chi connectivity index (χ2v) is 5.46. The predicted octanol–water partition coefficient (Wildman–Crippen LogP) is 3.38. The fourth-order valence-electron chi connectivity index (χ4n) is 2.09. The van der Waals surface area contributed by atoms with Gasteiger partial charge in [0, 0.05) is 13.1 Å². The standard InChI is InChI=1S/C16H24F4N4.HI/c1-3-21-15(23-11-13-6-4-7-14(17)10-13)22-8-5-9-24(2)12-16(18,19)20;/h4,6-7,10H,3,5,8-9,11-12H2,1-2H3,(H2,21,22,23);1H. The van der Waals surface area contributed by atoms with Crippen molar-refractivity contribution < 1.29 is 17.6 Å². The normalized spacial score (nSPS) is 12.0. The summed E-state index contributed by atoms with van der Waals surface area (Å²) in [5.74, 6) is 0.244. The van der Waals surface area contributed by atoms with E-state index in [0.717, 1.165) is 5.56 Å². The summed E-state index contributed by atoms with van der Waals surface area (Å²) in [6.07, 6.45) is -3.62. The van der Waals surface area contributed by atoms with Gasteiger partial charge in [0.1, 0.15) is 5.82 Å². The molecule has 0 radical (unpaired) electrons. The van der Waals surface area contributed by atoms with Gasteiger partial charge >= 0.3 is 6.18 Å². The molecule has 0 heterocycles. The average Bonchev–Trinajstić information content (AvgIpc) is 2.47. The maximum atomic E-state index is 13.1. The van der Waals surface area contributed by atoms with Crippen LogP contribution in [0.3, 0.4) is 0 Å². The van der Waals surface area contributed by atoms with Crippen molar-refractivity contribution in [1.82, 2.24) is 15.5 Å². The largest absolute Gasteiger partial charge is 0.401 e. The zero-order valence-corrected chi connectivity index (χ0v) is 16.7. The molecule has 0 saturated carbocycles. The lowest BCUT2D eigenvalue weighted by Crippen LogP contribution is -2.39. The van der Waals surface area contributed by atoms with Gasteiger partial charge in [0.2, 0.25) is 0 Å². The van der Waals surface area contributed by atoms with Crippen molar-refractivity contribution in [2.75, 3.05) is 33.2 Å². The molecule has 144 valence electrons. The molecule has 0 atom stereocenters. The zero-order valence-electron chi connectivity index (χ0n) is 14.4. The van der Waals surface area contributed by atoms with E-state index in [1.54, 1.807) is 12.1 Å². The molecule has 0 unspecified atom stereocenters. The van der Waals surface area contributed by atoms with Crippen molar-refractivity contribution in [3.8, 4) is 0 Å². The Morgan fingerprint density at radius 3 is 2.56 bits per heavy atom. The molecule has 1 rings (SSSR count). The molecule has 25 heavy (non-hydrogen) atoms. The lowest BCUT2D eigenvalue weighted by molar-refractivity contribution is -0.143. The quantitative estimate of drug-likeness (QED) is 0.199. The molecule has 0 amide bonds. The summed E-state index contributed by atoms with van der Waals surface area (Å²) >= 11 is 0. The van der Waals surface area contributed by atoms with Gasteiger partial charge in [-0.05, 0) is 44.6 Å². The third-order valence-corrected chi connectivity index (χ3v) is 3.11. The van der Waals surface area contributed by atoms with Gasteiger partial charge in [0.25, 0.3) is 0 Å². The number of rotatable bonds is 8. The fourth-order valence-corrected chi connectivity index (χ4v) is 2.09. The van der Waals surface area contributed by atoms with Crippen LogP contribution >= 0.6 is 24.0 Å². The van der Waals surface area contributed by atoms with Gasteiger partial charge in [-0.25, -0.2) is 9.38 Å². The van der Waals surface area contributed by atoms with E-state index < -0.39 is 12.7 Å². The van der Waals surface area contributed by atoms with Crippen LogP contribution in [-0.4, -0.2) is 50.3 Å². The molecule has 9 heteroatoms. The number of nitrogens with one attached hydrogen (secondary N) is 2. The first kappa shape index (κ1) is 23.9. The van der Waals surface area contributed by atoms with Crippen LogP contribution in [0.2, 0.25) is 0 Å². The van der Waals surface area contributed by atoms with Crippen LogP contribution in [0.1, 0.15) is 18.9 Å². The fraction of sp³-hybridized carbons (Fsp3) is 0.562. The predicted molar refractivity (Wildman–Crippen MR) is 103 cm³/mol. The highest BCUT2D eigenvalue weighted by Crippen LogP contribution is 2.15. The second kappa shape index (κ2) is 12.3. The maximum Gasteiger partial charge on any atom is 0.401 e. The Morgan fingerprint density at radius 1 is 1.24 bits per heavy atom. The molecule has 1 aromatic carbocycles. The summed E-state index contributed by atoms with van der Waals surface area (Å²) in [6.45, 7) is 2.80. The van der Waals surface area contributed by atoms with Crippen LogP contribution in [-0.2, 0) is 6.54 Å². The first-order chi connectivity index (χ1) is 11.3. The van der Waals surface area contributed by atoms with E-state index in [1.807, 2.05) is 6.92 Å². The van der Waals surface area contributed by atoms with E-state index in [9.17, 15) is 17.6 Å². The molecule has 2 N–H and O–H groups in total. The van der Waals surface area contributed by atoms with Gasteiger partial charge in [-0.3, -0.25) is 4.90 Å².